The van der Waals surface area contributed by atoms with Crippen molar-refractivity contribution in [1.29, 1.82) is 0 Å². The van der Waals surface area contributed by atoms with E-state index in [9.17, 15) is 0 Å². The predicted molar refractivity (Wildman–Crippen MR) is 77.8 cm³/mol. The number of hydrogen-bond acceptors (Lipinski definition) is 3. The fraction of sp³-hybridized carbons (Fsp3) is 1.00. The van der Waals surface area contributed by atoms with Crippen LogP contribution in [0.5, 0.6) is 0 Å². The molecule has 0 aromatic rings. The third kappa shape index (κ3) is 4.15. The van der Waals surface area contributed by atoms with E-state index in [0.29, 0.717) is 0 Å². The van der Waals surface area contributed by atoms with Crippen LogP contribution in [0.15, 0.2) is 0 Å². The SMILES string of the molecule is CCSC1CCC(N(C)CC2CCNCC2)C1. The van der Waals surface area contributed by atoms with Crippen LogP contribution < -0.4 is 5.32 Å². The molecule has 0 aromatic carbocycles. The molecule has 2 rings (SSSR count). The molecule has 0 radical (unpaired) electrons. The minimum Gasteiger partial charge on any atom is -0.317 e. The summed E-state index contributed by atoms with van der Waals surface area (Å²) in [6.45, 7) is 6.08. The monoisotopic (exact) mass is 256 g/mol. The van der Waals surface area contributed by atoms with E-state index in [2.05, 4.69) is 35.9 Å². The first-order chi connectivity index (χ1) is 8.29. The molecule has 1 heterocycles. The lowest BCUT2D eigenvalue weighted by Crippen LogP contribution is -2.38. The quantitative estimate of drug-likeness (QED) is 0.814. The molecule has 2 unspecified atom stereocenters. The van der Waals surface area contributed by atoms with Gasteiger partial charge in [0.2, 0.25) is 0 Å². The molecule has 1 saturated carbocycles. The highest BCUT2D eigenvalue weighted by atomic mass is 32.2. The van der Waals surface area contributed by atoms with Crippen LogP contribution >= 0.6 is 11.8 Å². The lowest BCUT2D eigenvalue weighted by molar-refractivity contribution is 0.188. The lowest BCUT2D eigenvalue weighted by Gasteiger charge is -2.31. The van der Waals surface area contributed by atoms with E-state index < -0.39 is 0 Å². The third-order valence-electron chi connectivity index (χ3n) is 4.39. The molecular weight excluding hydrogens is 228 g/mol. The Labute approximate surface area is 111 Å². The van der Waals surface area contributed by atoms with Crippen LogP contribution in [0.1, 0.15) is 39.0 Å². The van der Waals surface area contributed by atoms with Crippen molar-refractivity contribution in [3.05, 3.63) is 0 Å². The average molecular weight is 256 g/mol. The first kappa shape index (κ1) is 13.7. The summed E-state index contributed by atoms with van der Waals surface area (Å²) in [5.41, 5.74) is 0. The van der Waals surface area contributed by atoms with Crippen LogP contribution in [0.25, 0.3) is 0 Å². The van der Waals surface area contributed by atoms with Crippen LogP contribution in [0.4, 0.5) is 0 Å². The Morgan fingerprint density at radius 1 is 1.18 bits per heavy atom. The van der Waals surface area contributed by atoms with Crippen molar-refractivity contribution >= 4 is 11.8 Å². The van der Waals surface area contributed by atoms with Crippen LogP contribution in [0.3, 0.4) is 0 Å². The van der Waals surface area contributed by atoms with Gasteiger partial charge in [-0.1, -0.05) is 6.92 Å². The van der Waals surface area contributed by atoms with E-state index in [0.717, 1.165) is 17.2 Å². The van der Waals surface area contributed by atoms with Gasteiger partial charge in [0.05, 0.1) is 0 Å². The van der Waals surface area contributed by atoms with Crippen molar-refractivity contribution < 1.29 is 0 Å². The van der Waals surface area contributed by atoms with Crippen molar-refractivity contribution in [2.45, 2.75) is 50.3 Å². The summed E-state index contributed by atoms with van der Waals surface area (Å²) in [5.74, 6) is 2.23. The molecule has 100 valence electrons. The molecular formula is C14H28N2S. The van der Waals surface area contributed by atoms with Gasteiger partial charge < -0.3 is 10.2 Å². The number of nitrogens with one attached hydrogen (secondary N) is 1. The normalized spacial score (nSPS) is 31.2. The first-order valence-electron chi connectivity index (χ1n) is 7.32. The maximum Gasteiger partial charge on any atom is 0.0103 e. The van der Waals surface area contributed by atoms with Gasteiger partial charge in [-0.25, -0.2) is 0 Å². The Morgan fingerprint density at radius 2 is 1.94 bits per heavy atom. The van der Waals surface area contributed by atoms with Gasteiger partial charge in [0, 0.05) is 17.8 Å². The zero-order chi connectivity index (χ0) is 12.1. The molecule has 1 aliphatic carbocycles. The molecule has 0 spiro atoms. The second-order valence-corrected chi connectivity index (χ2v) is 7.25. The highest BCUT2D eigenvalue weighted by molar-refractivity contribution is 7.99. The number of nitrogens with zero attached hydrogens (tertiary/aromatic N) is 1. The maximum absolute atomic E-state index is 3.46. The second kappa shape index (κ2) is 7.01. The van der Waals surface area contributed by atoms with Crippen LogP contribution in [-0.2, 0) is 0 Å². The summed E-state index contributed by atoms with van der Waals surface area (Å²) in [7, 11) is 2.35. The molecule has 17 heavy (non-hydrogen) atoms. The van der Waals surface area contributed by atoms with Crippen molar-refractivity contribution in [3.63, 3.8) is 0 Å². The first-order valence-corrected chi connectivity index (χ1v) is 8.37. The van der Waals surface area contributed by atoms with Gasteiger partial charge >= 0.3 is 0 Å². The Bertz CT molecular complexity index is 216. The molecule has 0 aromatic heterocycles. The maximum atomic E-state index is 3.46. The molecule has 0 amide bonds. The highest BCUT2D eigenvalue weighted by Crippen LogP contribution is 2.32. The van der Waals surface area contributed by atoms with Gasteiger partial charge in [-0.05, 0) is 63.9 Å². The van der Waals surface area contributed by atoms with E-state index >= 15 is 0 Å². The van der Waals surface area contributed by atoms with Crippen molar-refractivity contribution in [3.8, 4) is 0 Å². The second-order valence-electron chi connectivity index (χ2n) is 5.68. The van der Waals surface area contributed by atoms with Gasteiger partial charge in [0.15, 0.2) is 0 Å². The minimum absolute atomic E-state index is 0.869. The lowest BCUT2D eigenvalue weighted by atomic mass is 9.97. The fourth-order valence-corrected chi connectivity index (χ4v) is 4.46. The largest absolute Gasteiger partial charge is 0.317 e. The van der Waals surface area contributed by atoms with Gasteiger partial charge in [-0.3, -0.25) is 0 Å². The number of rotatable bonds is 5. The van der Waals surface area contributed by atoms with Crippen LogP contribution in [0.2, 0.25) is 0 Å². The van der Waals surface area contributed by atoms with E-state index in [4.69, 9.17) is 0 Å². The molecule has 2 nitrogen and oxygen atoms in total. The number of thioether (sulfide) groups is 1. The van der Waals surface area contributed by atoms with Gasteiger partial charge in [-0.2, -0.15) is 11.8 Å². The van der Waals surface area contributed by atoms with Gasteiger partial charge in [0.1, 0.15) is 0 Å². The van der Waals surface area contributed by atoms with Gasteiger partial charge in [-0.15, -0.1) is 0 Å². The summed E-state index contributed by atoms with van der Waals surface area (Å²) < 4.78 is 0. The summed E-state index contributed by atoms with van der Waals surface area (Å²) >= 11 is 2.17. The summed E-state index contributed by atoms with van der Waals surface area (Å²) in [5, 5.41) is 4.40. The topological polar surface area (TPSA) is 15.3 Å². The summed E-state index contributed by atoms with van der Waals surface area (Å²) in [6, 6.07) is 0.869. The molecule has 1 N–H and O–H groups in total. The van der Waals surface area contributed by atoms with E-state index in [-0.39, 0.29) is 0 Å². The fourth-order valence-electron chi connectivity index (χ4n) is 3.33. The molecule has 1 aliphatic heterocycles. The molecule has 2 atom stereocenters. The van der Waals surface area contributed by atoms with Crippen molar-refractivity contribution in [2.75, 3.05) is 32.4 Å². The molecule has 2 aliphatic rings. The third-order valence-corrected chi connectivity index (χ3v) is 5.62. The average Bonchev–Trinajstić information content (AvgIpc) is 2.79. The minimum atomic E-state index is 0.869. The van der Waals surface area contributed by atoms with E-state index in [1.165, 1.54) is 57.5 Å². The molecule has 2 fully saturated rings. The predicted octanol–water partition coefficient (Wildman–Crippen LogP) is 2.59. The molecule has 3 heteroatoms. The van der Waals surface area contributed by atoms with Gasteiger partial charge in [0.25, 0.3) is 0 Å². The number of piperidine rings is 1. The van der Waals surface area contributed by atoms with Crippen LogP contribution in [-0.4, -0.2) is 48.6 Å². The molecule has 0 bridgehead atoms. The molecule has 1 saturated heterocycles. The summed E-state index contributed by atoms with van der Waals surface area (Å²) in [6.07, 6.45) is 7.06. The Kier molecular flexibility index (Phi) is 5.64. The van der Waals surface area contributed by atoms with E-state index in [1.54, 1.807) is 0 Å². The number of hydrogen-bond donors (Lipinski definition) is 1. The smallest absolute Gasteiger partial charge is 0.0103 e. The Hall–Kier alpha value is 0.270. The van der Waals surface area contributed by atoms with Crippen LogP contribution in [0, 0.1) is 5.92 Å². The Balaban J connectivity index is 1.70. The zero-order valence-corrected chi connectivity index (χ0v) is 12.3. The Morgan fingerprint density at radius 3 is 2.65 bits per heavy atom. The zero-order valence-electron chi connectivity index (χ0n) is 11.5. The standard InChI is InChI=1S/C14H28N2S/c1-3-17-14-5-4-13(10-14)16(2)11-12-6-8-15-9-7-12/h12-15H,3-11H2,1-2H3. The summed E-state index contributed by atoms with van der Waals surface area (Å²) in [4.78, 5) is 2.66. The van der Waals surface area contributed by atoms with Crippen molar-refractivity contribution in [2.24, 2.45) is 5.92 Å². The van der Waals surface area contributed by atoms with Crippen molar-refractivity contribution in [1.82, 2.24) is 10.2 Å². The highest BCUT2D eigenvalue weighted by Gasteiger charge is 2.28. The van der Waals surface area contributed by atoms with E-state index in [1.807, 2.05) is 0 Å².